The third-order valence-corrected chi connectivity index (χ3v) is 3.11. The van der Waals surface area contributed by atoms with Gasteiger partial charge in [0.05, 0.1) is 13.2 Å². The molecule has 116 valence electrons. The first-order chi connectivity index (χ1) is 10.7. The number of rotatable bonds is 8. The van der Waals surface area contributed by atoms with Gasteiger partial charge in [0.1, 0.15) is 5.75 Å². The lowest BCUT2D eigenvalue weighted by Gasteiger charge is -2.12. The molecular formula is C18H21NO3. The van der Waals surface area contributed by atoms with Crippen LogP contribution in [-0.4, -0.2) is 24.7 Å². The Hall–Kier alpha value is -2.43. The topological polar surface area (TPSA) is 58.6 Å². The van der Waals surface area contributed by atoms with Crippen molar-refractivity contribution in [1.29, 1.82) is 0 Å². The zero-order chi connectivity index (χ0) is 16.2. The Morgan fingerprint density at radius 3 is 2.73 bits per heavy atom. The molecule has 0 fully saturated rings. The number of aliphatic hydroxyl groups excluding tert-OH is 1. The number of methoxy groups -OCH3 is 1. The van der Waals surface area contributed by atoms with Crippen molar-refractivity contribution in [2.24, 2.45) is 0 Å². The van der Waals surface area contributed by atoms with Gasteiger partial charge in [-0.25, -0.2) is 0 Å². The minimum atomic E-state index is -0.726. The maximum atomic E-state index is 11.7. The highest BCUT2D eigenvalue weighted by Crippen LogP contribution is 2.16. The zero-order valence-corrected chi connectivity index (χ0v) is 12.8. The molecule has 2 N–H and O–H groups in total. The lowest BCUT2D eigenvalue weighted by molar-refractivity contribution is -0.121. The van der Waals surface area contributed by atoms with E-state index in [2.05, 4.69) is 23.1 Å². The molecule has 0 heterocycles. The van der Waals surface area contributed by atoms with E-state index in [1.807, 2.05) is 0 Å². The van der Waals surface area contributed by atoms with E-state index in [9.17, 15) is 9.90 Å². The standard InChI is InChI=1S/C18H21NO3/c1-3-4-5-6-7-8-9-18(21)19-14-17(20)15-10-12-16(22-2)13-11-15/h1,10-13,17,20H,6-9,14H2,2H3,(H,19,21). The number of carbonyl (C=O) groups excluding carboxylic acids is 1. The molecule has 22 heavy (non-hydrogen) atoms. The van der Waals surface area contributed by atoms with Crippen LogP contribution < -0.4 is 10.1 Å². The average molecular weight is 299 g/mol. The Morgan fingerprint density at radius 2 is 2.09 bits per heavy atom. The summed E-state index contributed by atoms with van der Waals surface area (Å²) >= 11 is 0. The number of ether oxygens (including phenoxy) is 1. The molecule has 0 radical (unpaired) electrons. The van der Waals surface area contributed by atoms with Crippen molar-refractivity contribution in [3.05, 3.63) is 29.8 Å². The molecule has 0 bridgehead atoms. The fourth-order valence-electron chi connectivity index (χ4n) is 1.86. The average Bonchev–Trinajstić information content (AvgIpc) is 2.56. The van der Waals surface area contributed by atoms with Crippen LogP contribution in [0.5, 0.6) is 5.75 Å². The Kier molecular flexibility index (Phi) is 8.27. The lowest BCUT2D eigenvalue weighted by atomic mass is 10.1. The van der Waals surface area contributed by atoms with Gasteiger partial charge in [0, 0.05) is 19.4 Å². The molecule has 1 rings (SSSR count). The van der Waals surface area contributed by atoms with Crippen LogP contribution in [0.15, 0.2) is 24.3 Å². The summed E-state index contributed by atoms with van der Waals surface area (Å²) in [5.74, 6) is 8.26. The Bertz CT molecular complexity index is 561. The van der Waals surface area contributed by atoms with Gasteiger partial charge in [0.15, 0.2) is 0 Å². The van der Waals surface area contributed by atoms with Crippen LogP contribution >= 0.6 is 0 Å². The molecule has 1 aromatic carbocycles. The van der Waals surface area contributed by atoms with Crippen LogP contribution in [0, 0.1) is 24.2 Å². The monoisotopic (exact) mass is 299 g/mol. The number of nitrogens with one attached hydrogen (secondary N) is 1. The van der Waals surface area contributed by atoms with Gasteiger partial charge in [-0.3, -0.25) is 4.79 Å². The van der Waals surface area contributed by atoms with E-state index < -0.39 is 6.10 Å². The summed E-state index contributed by atoms with van der Waals surface area (Å²) in [7, 11) is 1.59. The summed E-state index contributed by atoms with van der Waals surface area (Å²) in [5, 5.41) is 12.7. The van der Waals surface area contributed by atoms with Crippen LogP contribution in [0.25, 0.3) is 0 Å². The molecular weight excluding hydrogens is 278 g/mol. The smallest absolute Gasteiger partial charge is 0.220 e. The van der Waals surface area contributed by atoms with Crippen LogP contribution in [0.1, 0.15) is 37.4 Å². The number of carbonyl (C=O) groups is 1. The van der Waals surface area contributed by atoms with Crippen molar-refractivity contribution in [2.75, 3.05) is 13.7 Å². The first-order valence-corrected chi connectivity index (χ1v) is 7.19. The highest BCUT2D eigenvalue weighted by molar-refractivity contribution is 5.75. The Balaban J connectivity index is 2.23. The van der Waals surface area contributed by atoms with Gasteiger partial charge in [-0.05, 0) is 42.4 Å². The minimum absolute atomic E-state index is 0.0718. The molecule has 1 aromatic rings. The van der Waals surface area contributed by atoms with Gasteiger partial charge in [0.2, 0.25) is 5.91 Å². The molecule has 1 unspecified atom stereocenters. The largest absolute Gasteiger partial charge is 0.497 e. The number of unbranched alkanes of at least 4 members (excludes halogenated alkanes) is 2. The molecule has 0 saturated heterocycles. The number of terminal acetylenes is 1. The molecule has 1 atom stereocenters. The minimum Gasteiger partial charge on any atom is -0.497 e. The quantitative estimate of drug-likeness (QED) is 0.570. The van der Waals surface area contributed by atoms with Gasteiger partial charge >= 0.3 is 0 Å². The maximum Gasteiger partial charge on any atom is 0.220 e. The van der Waals surface area contributed by atoms with Crippen molar-refractivity contribution < 1.29 is 14.6 Å². The van der Waals surface area contributed by atoms with Crippen molar-refractivity contribution in [3.8, 4) is 29.9 Å². The predicted molar refractivity (Wildman–Crippen MR) is 86.0 cm³/mol. The number of hydrogen-bond acceptors (Lipinski definition) is 3. The lowest BCUT2D eigenvalue weighted by Crippen LogP contribution is -2.28. The second-order valence-corrected chi connectivity index (χ2v) is 4.75. The van der Waals surface area contributed by atoms with E-state index in [0.717, 1.165) is 24.2 Å². The van der Waals surface area contributed by atoms with Gasteiger partial charge in [0.25, 0.3) is 0 Å². The first-order valence-electron chi connectivity index (χ1n) is 7.19. The molecule has 4 heteroatoms. The Morgan fingerprint density at radius 1 is 1.36 bits per heavy atom. The molecule has 1 amide bonds. The van der Waals surface area contributed by atoms with E-state index in [4.69, 9.17) is 11.2 Å². The summed E-state index contributed by atoms with van der Waals surface area (Å²) in [6, 6.07) is 7.11. The van der Waals surface area contributed by atoms with E-state index >= 15 is 0 Å². The SMILES string of the molecule is C#CC#CCCCCC(=O)NCC(O)c1ccc(OC)cc1. The maximum absolute atomic E-state index is 11.7. The first kappa shape index (κ1) is 17.6. The summed E-state index contributed by atoms with van der Waals surface area (Å²) in [4.78, 5) is 11.7. The fraction of sp³-hybridized carbons (Fsp3) is 0.389. The van der Waals surface area contributed by atoms with E-state index in [-0.39, 0.29) is 12.5 Å². The predicted octanol–water partition coefficient (Wildman–Crippen LogP) is 2.04. The number of hydrogen-bond donors (Lipinski definition) is 2. The van der Waals surface area contributed by atoms with Gasteiger partial charge in [-0.15, -0.1) is 6.42 Å². The van der Waals surface area contributed by atoms with Crippen LogP contribution in [0.2, 0.25) is 0 Å². The van der Waals surface area contributed by atoms with E-state index in [1.165, 1.54) is 0 Å². The molecule has 0 spiro atoms. The molecule has 0 aliphatic carbocycles. The number of benzene rings is 1. The zero-order valence-electron chi connectivity index (χ0n) is 12.8. The second kappa shape index (κ2) is 10.3. The normalized spacial score (nSPS) is 10.8. The number of aliphatic hydroxyl groups is 1. The van der Waals surface area contributed by atoms with Crippen molar-refractivity contribution >= 4 is 5.91 Å². The summed E-state index contributed by atoms with van der Waals surface area (Å²) < 4.78 is 5.05. The Labute approximate surface area is 131 Å². The third kappa shape index (κ3) is 6.83. The molecule has 0 saturated carbocycles. The van der Waals surface area contributed by atoms with Crippen molar-refractivity contribution in [1.82, 2.24) is 5.32 Å². The molecule has 0 aliphatic heterocycles. The van der Waals surface area contributed by atoms with Crippen molar-refractivity contribution in [2.45, 2.75) is 31.8 Å². The van der Waals surface area contributed by atoms with Gasteiger partial charge < -0.3 is 15.2 Å². The summed E-state index contributed by atoms with van der Waals surface area (Å²) in [5.41, 5.74) is 0.741. The molecule has 4 nitrogen and oxygen atoms in total. The molecule has 0 aliphatic rings. The van der Waals surface area contributed by atoms with E-state index in [1.54, 1.807) is 31.4 Å². The summed E-state index contributed by atoms with van der Waals surface area (Å²) in [6.45, 7) is 0.196. The highest BCUT2D eigenvalue weighted by atomic mass is 16.5. The van der Waals surface area contributed by atoms with E-state index in [0.29, 0.717) is 12.8 Å². The second-order valence-electron chi connectivity index (χ2n) is 4.75. The highest BCUT2D eigenvalue weighted by Gasteiger charge is 2.09. The fourth-order valence-corrected chi connectivity index (χ4v) is 1.86. The molecule has 0 aromatic heterocycles. The third-order valence-electron chi connectivity index (χ3n) is 3.11. The van der Waals surface area contributed by atoms with Gasteiger partial charge in [-0.1, -0.05) is 18.1 Å². The van der Waals surface area contributed by atoms with Crippen molar-refractivity contribution in [3.63, 3.8) is 0 Å². The number of amides is 1. The van der Waals surface area contributed by atoms with Crippen LogP contribution in [0.4, 0.5) is 0 Å². The van der Waals surface area contributed by atoms with Crippen LogP contribution in [-0.2, 0) is 4.79 Å². The van der Waals surface area contributed by atoms with Crippen LogP contribution in [0.3, 0.4) is 0 Å². The summed E-state index contributed by atoms with van der Waals surface area (Å²) in [6.07, 6.45) is 6.99. The van der Waals surface area contributed by atoms with Gasteiger partial charge in [-0.2, -0.15) is 0 Å².